The predicted octanol–water partition coefficient (Wildman–Crippen LogP) is 2.48. The van der Waals surface area contributed by atoms with Gasteiger partial charge in [0.1, 0.15) is 6.10 Å². The maximum Gasteiger partial charge on any atom is 0.254 e. The van der Waals surface area contributed by atoms with E-state index in [9.17, 15) is 9.00 Å². The molecular weight excluding hydrogens is 372 g/mol. The molecule has 5 nitrogen and oxygen atoms in total. The zero-order chi connectivity index (χ0) is 17.5. The quantitative estimate of drug-likeness (QED) is 0.789. The molecule has 1 saturated heterocycles. The number of hydrogen-bond acceptors (Lipinski definition) is 4. The van der Waals surface area contributed by atoms with E-state index >= 15 is 0 Å². The van der Waals surface area contributed by atoms with Crippen molar-refractivity contribution in [3.8, 4) is 0 Å². The lowest BCUT2D eigenvalue weighted by Gasteiger charge is -2.22. The number of hydrogen-bond donors (Lipinski definition) is 2. The zero-order valence-electron chi connectivity index (χ0n) is 14.4. The summed E-state index contributed by atoms with van der Waals surface area (Å²) in [6, 6.07) is 17.3. The molecule has 2 N–H and O–H groups in total. The highest BCUT2D eigenvalue weighted by Gasteiger charge is 2.21. The number of anilines is 1. The monoisotopic (exact) mass is 394 g/mol. The number of morpholine rings is 1. The van der Waals surface area contributed by atoms with E-state index in [1.807, 2.05) is 54.6 Å². The summed E-state index contributed by atoms with van der Waals surface area (Å²) in [4.78, 5) is 12.2. The average molecular weight is 395 g/mol. The number of benzene rings is 2. The number of ether oxygens (including phenoxy) is 1. The molecule has 1 fully saturated rings. The SMILES string of the molecule is Cl.O=C(Nc1cccc(CS(=O)Cc2ccccc2)c1)C1CNCCO1. The Morgan fingerprint density at radius 1 is 1.12 bits per heavy atom. The van der Waals surface area contributed by atoms with E-state index in [4.69, 9.17) is 4.74 Å². The molecule has 2 atom stereocenters. The lowest BCUT2D eigenvalue weighted by molar-refractivity contribution is -0.128. The molecule has 26 heavy (non-hydrogen) atoms. The molecule has 3 rings (SSSR count). The van der Waals surface area contributed by atoms with Crippen molar-refractivity contribution >= 4 is 34.8 Å². The first-order valence-corrected chi connectivity index (χ1v) is 9.80. The molecule has 140 valence electrons. The molecule has 2 aromatic rings. The Kier molecular flexibility index (Phi) is 8.25. The second-order valence-corrected chi connectivity index (χ2v) is 7.42. The fourth-order valence-corrected chi connectivity index (χ4v) is 3.91. The molecule has 7 heteroatoms. The molecule has 1 heterocycles. The third-order valence-corrected chi connectivity index (χ3v) is 5.22. The largest absolute Gasteiger partial charge is 0.366 e. The second-order valence-electron chi connectivity index (χ2n) is 5.97. The van der Waals surface area contributed by atoms with Gasteiger partial charge < -0.3 is 15.4 Å². The summed E-state index contributed by atoms with van der Waals surface area (Å²) in [6.07, 6.45) is -0.468. The topological polar surface area (TPSA) is 67.4 Å². The summed E-state index contributed by atoms with van der Waals surface area (Å²) >= 11 is 0. The van der Waals surface area contributed by atoms with Gasteiger partial charge in [0.05, 0.1) is 6.61 Å². The molecule has 0 aromatic heterocycles. The Hall–Kier alpha value is -1.73. The van der Waals surface area contributed by atoms with Gasteiger partial charge in [-0.25, -0.2) is 0 Å². The molecule has 2 aromatic carbocycles. The van der Waals surface area contributed by atoms with Gasteiger partial charge in [-0.3, -0.25) is 9.00 Å². The second kappa shape index (κ2) is 10.4. The summed E-state index contributed by atoms with van der Waals surface area (Å²) in [5.41, 5.74) is 2.70. The van der Waals surface area contributed by atoms with Crippen LogP contribution in [0, 0.1) is 0 Å². The van der Waals surface area contributed by atoms with Gasteiger partial charge in [-0.05, 0) is 23.3 Å². The molecule has 1 amide bonds. The van der Waals surface area contributed by atoms with Gasteiger partial charge in [0.15, 0.2) is 0 Å². The molecule has 0 saturated carbocycles. The van der Waals surface area contributed by atoms with E-state index in [1.54, 1.807) is 0 Å². The number of halogens is 1. The highest BCUT2D eigenvalue weighted by molar-refractivity contribution is 7.83. The van der Waals surface area contributed by atoms with Crippen molar-refractivity contribution in [1.82, 2.24) is 5.32 Å². The van der Waals surface area contributed by atoms with Crippen molar-refractivity contribution < 1.29 is 13.7 Å². The molecule has 0 radical (unpaired) electrons. The standard InChI is InChI=1S/C19H22N2O3S.ClH/c22-19(18-12-20-9-10-24-18)21-17-8-4-7-16(11-17)14-25(23)13-15-5-2-1-3-6-15;/h1-8,11,18,20H,9-10,12-14H2,(H,21,22);1H. The van der Waals surface area contributed by atoms with Crippen LogP contribution in [0.2, 0.25) is 0 Å². The number of carbonyl (C=O) groups is 1. The molecule has 0 bridgehead atoms. The smallest absolute Gasteiger partial charge is 0.254 e. The predicted molar refractivity (Wildman–Crippen MR) is 107 cm³/mol. The van der Waals surface area contributed by atoms with Gasteiger partial charge in [-0.2, -0.15) is 0 Å². The highest BCUT2D eigenvalue weighted by atomic mass is 35.5. The lowest BCUT2D eigenvalue weighted by atomic mass is 10.2. The lowest BCUT2D eigenvalue weighted by Crippen LogP contribution is -2.45. The van der Waals surface area contributed by atoms with Crippen LogP contribution >= 0.6 is 12.4 Å². The van der Waals surface area contributed by atoms with E-state index in [2.05, 4.69) is 10.6 Å². The van der Waals surface area contributed by atoms with Crippen LogP contribution in [-0.4, -0.2) is 35.9 Å². The van der Waals surface area contributed by atoms with Crippen LogP contribution in [0.25, 0.3) is 0 Å². The Labute approximate surface area is 162 Å². The first-order chi connectivity index (χ1) is 12.2. The summed E-state index contributed by atoms with van der Waals surface area (Å²) in [5, 5.41) is 6.01. The third kappa shape index (κ3) is 6.21. The Bertz CT molecular complexity index is 737. The van der Waals surface area contributed by atoms with Crippen molar-refractivity contribution in [2.24, 2.45) is 0 Å². The van der Waals surface area contributed by atoms with Crippen molar-refractivity contribution in [2.75, 3.05) is 25.0 Å². The fraction of sp³-hybridized carbons (Fsp3) is 0.316. The third-order valence-electron chi connectivity index (χ3n) is 3.91. The number of nitrogens with one attached hydrogen (secondary N) is 2. The summed E-state index contributed by atoms with van der Waals surface area (Å²) in [7, 11) is -0.995. The molecule has 0 spiro atoms. The molecule has 2 unspecified atom stereocenters. The fourth-order valence-electron chi connectivity index (χ4n) is 2.69. The van der Waals surface area contributed by atoms with E-state index in [-0.39, 0.29) is 18.3 Å². The molecule has 1 aliphatic heterocycles. The Balaban J connectivity index is 0.00000243. The number of amides is 1. The maximum absolute atomic E-state index is 12.4. The van der Waals surface area contributed by atoms with Crippen molar-refractivity contribution in [1.29, 1.82) is 0 Å². The average Bonchev–Trinajstić information content (AvgIpc) is 2.63. The van der Waals surface area contributed by atoms with Gasteiger partial charge in [-0.15, -0.1) is 12.4 Å². The first-order valence-electron chi connectivity index (χ1n) is 8.32. The van der Waals surface area contributed by atoms with Crippen LogP contribution in [0.4, 0.5) is 5.69 Å². The van der Waals surface area contributed by atoms with Crippen molar-refractivity contribution in [3.63, 3.8) is 0 Å². The number of rotatable bonds is 6. The summed E-state index contributed by atoms with van der Waals surface area (Å²) < 4.78 is 17.8. The van der Waals surface area contributed by atoms with Gasteiger partial charge in [0.25, 0.3) is 5.91 Å². The molecule has 0 aliphatic carbocycles. The maximum atomic E-state index is 12.4. The van der Waals surface area contributed by atoms with E-state index in [0.29, 0.717) is 30.3 Å². The zero-order valence-corrected chi connectivity index (χ0v) is 16.0. The first kappa shape index (κ1) is 20.6. The summed E-state index contributed by atoms with van der Waals surface area (Å²) in [6.45, 7) is 1.83. The Morgan fingerprint density at radius 3 is 2.58 bits per heavy atom. The van der Waals surface area contributed by atoms with Gasteiger partial charge in [0, 0.05) is 41.1 Å². The van der Waals surface area contributed by atoms with Crippen LogP contribution < -0.4 is 10.6 Å². The van der Waals surface area contributed by atoms with E-state index in [1.165, 1.54) is 0 Å². The van der Waals surface area contributed by atoms with Crippen LogP contribution in [0.1, 0.15) is 11.1 Å². The normalized spacial score (nSPS) is 17.8. The van der Waals surface area contributed by atoms with Gasteiger partial charge in [0.2, 0.25) is 0 Å². The van der Waals surface area contributed by atoms with E-state index < -0.39 is 16.9 Å². The van der Waals surface area contributed by atoms with Crippen molar-refractivity contribution in [3.05, 3.63) is 65.7 Å². The number of carbonyl (C=O) groups excluding carboxylic acids is 1. The Morgan fingerprint density at radius 2 is 1.85 bits per heavy atom. The minimum atomic E-state index is -0.995. The minimum Gasteiger partial charge on any atom is -0.366 e. The molecular formula is C19H23ClN2O3S. The van der Waals surface area contributed by atoms with Crippen LogP contribution in [-0.2, 0) is 31.8 Å². The molecule has 1 aliphatic rings. The highest BCUT2D eigenvalue weighted by Crippen LogP contribution is 2.15. The minimum absolute atomic E-state index is 0. The van der Waals surface area contributed by atoms with Gasteiger partial charge >= 0.3 is 0 Å². The van der Waals surface area contributed by atoms with E-state index in [0.717, 1.165) is 17.7 Å². The van der Waals surface area contributed by atoms with Crippen molar-refractivity contribution in [2.45, 2.75) is 17.6 Å². The van der Waals surface area contributed by atoms with Crippen LogP contribution in [0.3, 0.4) is 0 Å². The van der Waals surface area contributed by atoms with Crippen LogP contribution in [0.5, 0.6) is 0 Å². The summed E-state index contributed by atoms with van der Waals surface area (Å²) in [5.74, 6) is 0.828. The van der Waals surface area contributed by atoms with Crippen LogP contribution in [0.15, 0.2) is 54.6 Å². The van der Waals surface area contributed by atoms with Gasteiger partial charge in [-0.1, -0.05) is 42.5 Å².